The molecule has 16 heavy (non-hydrogen) atoms. The van der Waals surface area contributed by atoms with Gasteiger partial charge in [-0.2, -0.15) is 9.61 Å². The van der Waals surface area contributed by atoms with Gasteiger partial charge >= 0.3 is 0 Å². The van der Waals surface area contributed by atoms with Crippen LogP contribution in [-0.4, -0.2) is 21.3 Å². The lowest BCUT2D eigenvalue weighted by Crippen LogP contribution is -2.16. The van der Waals surface area contributed by atoms with Crippen molar-refractivity contribution in [3.63, 3.8) is 0 Å². The molecule has 5 heteroatoms. The average molecular weight is 214 g/mol. The summed E-state index contributed by atoms with van der Waals surface area (Å²) in [5, 5.41) is 5.65. The highest BCUT2D eigenvalue weighted by molar-refractivity contribution is 5.84. The Morgan fingerprint density at radius 2 is 2.12 bits per heavy atom. The minimum absolute atomic E-state index is 0.0953. The molecule has 3 aromatic rings. The van der Waals surface area contributed by atoms with Crippen molar-refractivity contribution in [3.8, 4) is 0 Å². The lowest BCUT2D eigenvalue weighted by Gasteiger charge is -2.02. The molecule has 0 bridgehead atoms. The van der Waals surface area contributed by atoms with Gasteiger partial charge in [-0.3, -0.25) is 4.79 Å². The topological polar surface area (TPSA) is 51.3 Å². The maximum atomic E-state index is 12.1. The first-order valence-electron chi connectivity index (χ1n) is 4.97. The first kappa shape index (κ1) is 8.96. The van der Waals surface area contributed by atoms with Gasteiger partial charge in [-0.05, 0) is 17.5 Å². The van der Waals surface area contributed by atoms with E-state index in [4.69, 9.17) is 0 Å². The summed E-state index contributed by atoms with van der Waals surface area (Å²) < 4.78 is 3.09. The highest BCUT2D eigenvalue weighted by Crippen LogP contribution is 2.11. The van der Waals surface area contributed by atoms with Gasteiger partial charge in [0.15, 0.2) is 5.65 Å². The van der Waals surface area contributed by atoms with E-state index in [2.05, 4.69) is 10.5 Å². The van der Waals surface area contributed by atoms with Crippen molar-refractivity contribution in [2.45, 2.75) is 0 Å². The Bertz CT molecular complexity index is 726. The highest BCUT2D eigenvalue weighted by Gasteiger charge is 2.07. The van der Waals surface area contributed by atoms with E-state index in [-0.39, 0.29) is 5.56 Å². The largest absolute Gasteiger partial charge is 0.326 e. The van der Waals surface area contributed by atoms with E-state index in [0.29, 0.717) is 5.39 Å². The fraction of sp³-hybridized carbons (Fsp3) is 0.0909. The van der Waals surface area contributed by atoms with E-state index in [0.717, 1.165) is 11.0 Å². The molecular formula is C11H10N4O. The molecule has 0 spiro atoms. The Labute approximate surface area is 90.9 Å². The van der Waals surface area contributed by atoms with E-state index in [1.54, 1.807) is 18.1 Å². The Morgan fingerprint density at radius 3 is 2.94 bits per heavy atom. The van der Waals surface area contributed by atoms with Crippen LogP contribution in [-0.2, 0) is 0 Å². The van der Waals surface area contributed by atoms with Gasteiger partial charge in [0.2, 0.25) is 0 Å². The second-order valence-corrected chi connectivity index (χ2v) is 3.53. The summed E-state index contributed by atoms with van der Waals surface area (Å²) in [6, 6.07) is 9.43. The molecule has 0 aliphatic carbocycles. The number of fused-ring (bicyclic) bond motifs is 2. The normalized spacial score (nSPS) is 11.1. The zero-order valence-corrected chi connectivity index (χ0v) is 8.71. The second kappa shape index (κ2) is 3.10. The van der Waals surface area contributed by atoms with Crippen molar-refractivity contribution in [2.75, 3.05) is 12.5 Å². The fourth-order valence-electron chi connectivity index (χ4n) is 1.85. The maximum Gasteiger partial charge on any atom is 0.280 e. The van der Waals surface area contributed by atoms with Crippen LogP contribution >= 0.6 is 0 Å². The Balaban J connectivity index is 2.58. The molecule has 0 aliphatic rings. The average Bonchev–Trinajstić information content (AvgIpc) is 2.72. The van der Waals surface area contributed by atoms with E-state index in [9.17, 15) is 4.79 Å². The Morgan fingerprint density at radius 1 is 1.31 bits per heavy atom. The summed E-state index contributed by atoms with van der Waals surface area (Å²) in [4.78, 5) is 12.1. The smallest absolute Gasteiger partial charge is 0.280 e. The number of nitrogens with one attached hydrogen (secondary N) is 1. The van der Waals surface area contributed by atoms with Crippen LogP contribution < -0.4 is 11.0 Å². The van der Waals surface area contributed by atoms with Gasteiger partial charge in [-0.1, -0.05) is 18.2 Å². The number of benzene rings is 1. The highest BCUT2D eigenvalue weighted by atomic mass is 16.1. The van der Waals surface area contributed by atoms with Crippen molar-refractivity contribution < 1.29 is 0 Å². The molecule has 2 aromatic heterocycles. The fourth-order valence-corrected chi connectivity index (χ4v) is 1.85. The molecule has 0 saturated heterocycles. The van der Waals surface area contributed by atoms with Crippen molar-refractivity contribution in [2.24, 2.45) is 0 Å². The summed E-state index contributed by atoms with van der Waals surface area (Å²) in [7, 11) is 1.78. The molecule has 5 nitrogen and oxygen atoms in total. The number of hydrogen-bond acceptors (Lipinski definition) is 3. The minimum atomic E-state index is -0.0953. The van der Waals surface area contributed by atoms with E-state index < -0.39 is 0 Å². The summed E-state index contributed by atoms with van der Waals surface area (Å²) in [5.74, 6) is 0. The van der Waals surface area contributed by atoms with E-state index in [1.807, 2.05) is 30.3 Å². The Hall–Kier alpha value is -2.30. The molecule has 0 aliphatic heterocycles. The minimum Gasteiger partial charge on any atom is -0.326 e. The number of hydrogen-bond donors (Lipinski definition) is 1. The standard InChI is InChI=1S/C11H10N4O/c1-12-14-7-13-15-10(14)6-8-4-2-3-5-9(8)11(15)16/h2-7,12H,1H3. The van der Waals surface area contributed by atoms with E-state index in [1.165, 1.54) is 4.52 Å². The lowest BCUT2D eigenvalue weighted by molar-refractivity contribution is 0.931. The quantitative estimate of drug-likeness (QED) is 0.652. The van der Waals surface area contributed by atoms with Gasteiger partial charge in [0.1, 0.15) is 6.33 Å². The third kappa shape index (κ3) is 1.05. The first-order valence-corrected chi connectivity index (χ1v) is 4.97. The summed E-state index contributed by atoms with van der Waals surface area (Å²) in [6.07, 6.45) is 1.58. The third-order valence-corrected chi connectivity index (χ3v) is 2.66. The molecule has 1 aromatic carbocycles. The van der Waals surface area contributed by atoms with Crippen LogP contribution in [0.25, 0.3) is 16.4 Å². The number of pyridine rings is 1. The molecule has 0 radical (unpaired) electrons. The van der Waals surface area contributed by atoms with Gasteiger partial charge in [0, 0.05) is 12.4 Å². The molecule has 0 saturated carbocycles. The van der Waals surface area contributed by atoms with Crippen molar-refractivity contribution in [1.29, 1.82) is 0 Å². The molecule has 0 amide bonds. The number of rotatable bonds is 1. The summed E-state index contributed by atoms with van der Waals surface area (Å²) in [6.45, 7) is 0. The molecule has 3 rings (SSSR count). The zero-order valence-electron chi connectivity index (χ0n) is 8.71. The number of nitrogens with zero attached hydrogens (tertiary/aromatic N) is 3. The van der Waals surface area contributed by atoms with Gasteiger partial charge in [-0.25, -0.2) is 4.68 Å². The summed E-state index contributed by atoms with van der Waals surface area (Å²) in [5.41, 5.74) is 3.57. The SMILES string of the molecule is CNn1cnn2c(=O)c3ccccc3cc12. The van der Waals surface area contributed by atoms with Gasteiger partial charge in [-0.15, -0.1) is 0 Å². The second-order valence-electron chi connectivity index (χ2n) is 3.53. The number of aromatic nitrogens is 3. The molecule has 0 atom stereocenters. The van der Waals surface area contributed by atoms with Crippen LogP contribution in [0.4, 0.5) is 0 Å². The van der Waals surface area contributed by atoms with Crippen LogP contribution in [0.3, 0.4) is 0 Å². The van der Waals surface area contributed by atoms with Crippen LogP contribution in [0.15, 0.2) is 41.5 Å². The molecule has 1 N–H and O–H groups in total. The van der Waals surface area contributed by atoms with Crippen LogP contribution in [0.5, 0.6) is 0 Å². The maximum absolute atomic E-state index is 12.1. The van der Waals surface area contributed by atoms with Crippen LogP contribution in [0.1, 0.15) is 0 Å². The van der Waals surface area contributed by atoms with Crippen molar-refractivity contribution in [3.05, 3.63) is 47.0 Å². The molecule has 0 fully saturated rings. The Kier molecular flexibility index (Phi) is 1.73. The predicted octanol–water partition coefficient (Wildman–Crippen LogP) is 0.822. The first-order chi connectivity index (χ1) is 7.81. The van der Waals surface area contributed by atoms with E-state index >= 15 is 0 Å². The molecule has 0 unspecified atom stereocenters. The van der Waals surface area contributed by atoms with Crippen LogP contribution in [0, 0.1) is 0 Å². The monoisotopic (exact) mass is 214 g/mol. The zero-order chi connectivity index (χ0) is 11.1. The van der Waals surface area contributed by atoms with Gasteiger partial charge in [0.05, 0.1) is 0 Å². The van der Waals surface area contributed by atoms with Gasteiger partial charge in [0.25, 0.3) is 5.56 Å². The van der Waals surface area contributed by atoms with Gasteiger partial charge < -0.3 is 5.43 Å². The lowest BCUT2D eigenvalue weighted by atomic mass is 10.2. The predicted molar refractivity (Wildman–Crippen MR) is 62.2 cm³/mol. The molecule has 80 valence electrons. The molecular weight excluding hydrogens is 204 g/mol. The van der Waals surface area contributed by atoms with Crippen molar-refractivity contribution in [1.82, 2.24) is 14.3 Å². The van der Waals surface area contributed by atoms with Crippen molar-refractivity contribution >= 4 is 16.4 Å². The summed E-state index contributed by atoms with van der Waals surface area (Å²) >= 11 is 0. The van der Waals surface area contributed by atoms with Crippen LogP contribution in [0.2, 0.25) is 0 Å². The molecule has 2 heterocycles. The third-order valence-electron chi connectivity index (χ3n) is 2.66.